The summed E-state index contributed by atoms with van der Waals surface area (Å²) in [6.07, 6.45) is 8.78. The fourth-order valence-corrected chi connectivity index (χ4v) is 4.76. The third-order valence-corrected chi connectivity index (χ3v) is 6.40. The second kappa shape index (κ2) is 10.1. The van der Waals surface area contributed by atoms with Crippen molar-refractivity contribution in [3.8, 4) is 11.5 Å². The Morgan fingerprint density at radius 3 is 2.21 bits per heavy atom. The van der Waals surface area contributed by atoms with Gasteiger partial charge in [0, 0.05) is 17.8 Å². The van der Waals surface area contributed by atoms with E-state index in [2.05, 4.69) is 53.5 Å². The normalized spacial score (nSPS) is 12.4. The number of aromatic nitrogens is 1. The van der Waals surface area contributed by atoms with Crippen molar-refractivity contribution >= 4 is 44.7 Å². The van der Waals surface area contributed by atoms with E-state index in [1.54, 1.807) is 37.7 Å². The molecular formula is C29H28ClNO2. The highest BCUT2D eigenvalue weighted by molar-refractivity contribution is 6.08. The number of fused-ring (bicyclic) bond motifs is 6. The zero-order valence-corrected chi connectivity index (χ0v) is 19.8. The van der Waals surface area contributed by atoms with Crippen LogP contribution >= 0.6 is 12.4 Å². The fourth-order valence-electron chi connectivity index (χ4n) is 4.76. The molecule has 0 saturated carbocycles. The van der Waals surface area contributed by atoms with E-state index in [0.29, 0.717) is 0 Å². The summed E-state index contributed by atoms with van der Waals surface area (Å²) in [7, 11) is 3.25. The van der Waals surface area contributed by atoms with Crippen LogP contribution in [0.25, 0.3) is 32.3 Å². The number of hydrogen-bond donors (Lipinski definition) is 0. The van der Waals surface area contributed by atoms with Gasteiger partial charge < -0.3 is 9.47 Å². The Balaban J connectivity index is 0.000000158. The van der Waals surface area contributed by atoms with Crippen molar-refractivity contribution in [1.29, 1.82) is 0 Å². The van der Waals surface area contributed by atoms with Crippen molar-refractivity contribution in [2.75, 3.05) is 14.2 Å². The minimum absolute atomic E-state index is 0. The standard InChI is InChI=1S/C18H16.C11H11NO2.ClH/c1-3-7-15-13(5-1)9-11-18-16-8-4-2-6-14(16)10-12-17(15)18;1-13-10-5-8-3-4-12-7-9(8)6-11(10)14-2;/h1,3,5,7,9-12H,2,4,6,8H2;3-7H,1-2H3;1H. The second-order valence-corrected chi connectivity index (χ2v) is 8.22. The Bertz CT molecular complexity index is 1370. The Labute approximate surface area is 200 Å². The van der Waals surface area contributed by atoms with E-state index in [-0.39, 0.29) is 12.4 Å². The molecule has 33 heavy (non-hydrogen) atoms. The number of methoxy groups -OCH3 is 2. The van der Waals surface area contributed by atoms with Gasteiger partial charge in [0.05, 0.1) is 14.2 Å². The van der Waals surface area contributed by atoms with Gasteiger partial charge >= 0.3 is 0 Å². The van der Waals surface area contributed by atoms with Crippen LogP contribution in [0.2, 0.25) is 0 Å². The highest BCUT2D eigenvalue weighted by atomic mass is 35.5. The number of hydrogen-bond acceptors (Lipinski definition) is 3. The average Bonchev–Trinajstić information content (AvgIpc) is 2.87. The Kier molecular flexibility index (Phi) is 7.00. The van der Waals surface area contributed by atoms with Gasteiger partial charge in [0.2, 0.25) is 0 Å². The van der Waals surface area contributed by atoms with E-state index >= 15 is 0 Å². The van der Waals surface area contributed by atoms with Gasteiger partial charge in [-0.05, 0) is 81.9 Å². The number of aryl methyl sites for hydroxylation is 2. The molecule has 1 aromatic heterocycles. The lowest BCUT2D eigenvalue weighted by Gasteiger charge is -2.18. The molecule has 3 nitrogen and oxygen atoms in total. The molecule has 0 N–H and O–H groups in total. The molecule has 0 fully saturated rings. The van der Waals surface area contributed by atoms with Crippen LogP contribution in [0.1, 0.15) is 24.0 Å². The Morgan fingerprint density at radius 2 is 1.39 bits per heavy atom. The first-order valence-electron chi connectivity index (χ1n) is 11.2. The maximum atomic E-state index is 5.20. The molecular weight excluding hydrogens is 430 g/mol. The van der Waals surface area contributed by atoms with Crippen molar-refractivity contribution in [1.82, 2.24) is 4.98 Å². The molecule has 1 aliphatic carbocycles. The lowest BCUT2D eigenvalue weighted by molar-refractivity contribution is 0.356. The van der Waals surface area contributed by atoms with Gasteiger partial charge in [0.1, 0.15) is 0 Å². The lowest BCUT2D eigenvalue weighted by Crippen LogP contribution is -2.02. The minimum atomic E-state index is 0. The predicted molar refractivity (Wildman–Crippen MR) is 140 cm³/mol. The molecule has 0 radical (unpaired) electrons. The molecule has 1 heterocycles. The van der Waals surface area contributed by atoms with Crippen LogP contribution in [-0.2, 0) is 12.8 Å². The smallest absolute Gasteiger partial charge is 0.161 e. The van der Waals surface area contributed by atoms with Gasteiger partial charge in [-0.3, -0.25) is 4.98 Å². The third kappa shape index (κ3) is 4.46. The molecule has 0 aliphatic heterocycles. The quantitative estimate of drug-likeness (QED) is 0.256. The summed E-state index contributed by atoms with van der Waals surface area (Å²) in [4.78, 5) is 4.05. The lowest BCUT2D eigenvalue weighted by atomic mass is 9.86. The minimum Gasteiger partial charge on any atom is -0.493 e. The van der Waals surface area contributed by atoms with Crippen LogP contribution in [0.5, 0.6) is 11.5 Å². The number of benzene rings is 4. The first kappa shape index (κ1) is 22.9. The van der Waals surface area contributed by atoms with Crippen molar-refractivity contribution < 1.29 is 9.47 Å². The predicted octanol–water partition coefficient (Wildman–Crippen LogP) is 7.55. The average molecular weight is 458 g/mol. The summed E-state index contributed by atoms with van der Waals surface area (Å²) >= 11 is 0. The largest absolute Gasteiger partial charge is 0.493 e. The molecule has 0 atom stereocenters. The van der Waals surface area contributed by atoms with Gasteiger partial charge in [-0.2, -0.15) is 0 Å². The highest BCUT2D eigenvalue weighted by Crippen LogP contribution is 2.33. The summed E-state index contributed by atoms with van der Waals surface area (Å²) in [5.74, 6) is 1.47. The van der Waals surface area contributed by atoms with E-state index < -0.39 is 0 Å². The molecule has 0 spiro atoms. The molecule has 4 aromatic carbocycles. The van der Waals surface area contributed by atoms with E-state index in [4.69, 9.17) is 9.47 Å². The number of pyridine rings is 1. The van der Waals surface area contributed by atoms with Crippen LogP contribution in [-0.4, -0.2) is 19.2 Å². The van der Waals surface area contributed by atoms with Gasteiger partial charge in [0.25, 0.3) is 0 Å². The SMILES string of the molecule is COc1cc2ccncc2cc1OC.Cl.c1ccc2c(c1)ccc1c3c(ccc12)CCCC3. The van der Waals surface area contributed by atoms with Crippen LogP contribution < -0.4 is 9.47 Å². The maximum absolute atomic E-state index is 5.20. The molecule has 0 bridgehead atoms. The van der Waals surface area contributed by atoms with Crippen LogP contribution in [0.15, 0.2) is 79.1 Å². The van der Waals surface area contributed by atoms with Crippen molar-refractivity contribution in [2.24, 2.45) is 0 Å². The van der Waals surface area contributed by atoms with Gasteiger partial charge in [-0.1, -0.05) is 48.5 Å². The topological polar surface area (TPSA) is 31.4 Å². The first-order chi connectivity index (χ1) is 15.8. The van der Waals surface area contributed by atoms with E-state index in [1.807, 2.05) is 18.2 Å². The molecule has 1 aliphatic rings. The molecule has 6 rings (SSSR count). The molecule has 0 unspecified atom stereocenters. The summed E-state index contributed by atoms with van der Waals surface area (Å²) in [6.45, 7) is 0. The third-order valence-electron chi connectivity index (χ3n) is 6.40. The zero-order chi connectivity index (χ0) is 21.9. The first-order valence-corrected chi connectivity index (χ1v) is 11.2. The van der Waals surface area contributed by atoms with Crippen LogP contribution in [0.3, 0.4) is 0 Å². The summed E-state index contributed by atoms with van der Waals surface area (Å²) in [5.41, 5.74) is 3.17. The molecule has 168 valence electrons. The van der Waals surface area contributed by atoms with Crippen molar-refractivity contribution in [3.63, 3.8) is 0 Å². The Hall–Kier alpha value is -3.30. The fraction of sp³-hybridized carbons (Fsp3) is 0.207. The summed E-state index contributed by atoms with van der Waals surface area (Å²) in [6, 6.07) is 23.8. The van der Waals surface area contributed by atoms with Crippen molar-refractivity contribution in [2.45, 2.75) is 25.7 Å². The number of rotatable bonds is 2. The van der Waals surface area contributed by atoms with E-state index in [9.17, 15) is 0 Å². The Morgan fingerprint density at radius 1 is 0.667 bits per heavy atom. The van der Waals surface area contributed by atoms with Crippen LogP contribution in [0.4, 0.5) is 0 Å². The number of nitrogens with zero attached hydrogens (tertiary/aromatic N) is 1. The second-order valence-electron chi connectivity index (χ2n) is 8.22. The molecule has 5 aromatic rings. The highest BCUT2D eigenvalue weighted by Gasteiger charge is 2.13. The number of ether oxygens (including phenoxy) is 2. The van der Waals surface area contributed by atoms with Crippen LogP contribution in [0, 0.1) is 0 Å². The van der Waals surface area contributed by atoms with E-state index in [1.165, 1.54) is 47.2 Å². The molecule has 4 heteroatoms. The maximum Gasteiger partial charge on any atom is 0.161 e. The van der Waals surface area contributed by atoms with E-state index in [0.717, 1.165) is 22.3 Å². The monoisotopic (exact) mass is 457 g/mol. The van der Waals surface area contributed by atoms with Gasteiger partial charge in [0.15, 0.2) is 11.5 Å². The van der Waals surface area contributed by atoms with Gasteiger partial charge in [-0.25, -0.2) is 0 Å². The zero-order valence-electron chi connectivity index (χ0n) is 19.0. The summed E-state index contributed by atoms with van der Waals surface area (Å²) in [5, 5.41) is 7.78. The molecule has 0 saturated heterocycles. The van der Waals surface area contributed by atoms with Crippen molar-refractivity contribution in [3.05, 3.63) is 90.3 Å². The molecule has 0 amide bonds. The van der Waals surface area contributed by atoms with Gasteiger partial charge in [-0.15, -0.1) is 12.4 Å². The number of halogens is 1. The summed E-state index contributed by atoms with van der Waals surface area (Å²) < 4.78 is 10.4.